The van der Waals surface area contributed by atoms with Crippen molar-refractivity contribution in [1.82, 2.24) is 4.90 Å². The van der Waals surface area contributed by atoms with Crippen LogP contribution in [0.15, 0.2) is 24.3 Å². The number of nitrogens with zero attached hydrogens (tertiary/aromatic N) is 1. The first kappa shape index (κ1) is 13.0. The first-order valence-electron chi connectivity index (χ1n) is 5.86. The summed E-state index contributed by atoms with van der Waals surface area (Å²) in [5.74, 6) is -0.363. The molecule has 0 spiro atoms. The van der Waals surface area contributed by atoms with Crippen molar-refractivity contribution in [2.45, 2.75) is 18.8 Å². The molecule has 0 aromatic heterocycles. The normalized spacial score (nSPS) is 24.2. The summed E-state index contributed by atoms with van der Waals surface area (Å²) in [5.41, 5.74) is 1.47. The number of rotatable bonds is 3. The molecule has 5 heteroatoms. The standard InChI is InChI=1S/C13H17NO4/c1-18-13(17)10-4-2-3-9(5-10)6-14-7-11(15)12(16)8-14/h2-5,11-12,15-16H,6-8H2,1H3. The van der Waals surface area contributed by atoms with Gasteiger partial charge in [0.15, 0.2) is 0 Å². The van der Waals surface area contributed by atoms with Crippen molar-refractivity contribution in [3.63, 3.8) is 0 Å². The maximum Gasteiger partial charge on any atom is 0.337 e. The molecule has 18 heavy (non-hydrogen) atoms. The van der Waals surface area contributed by atoms with E-state index in [1.807, 2.05) is 11.0 Å². The molecule has 0 amide bonds. The Balaban J connectivity index is 2.04. The molecule has 1 aliphatic rings. The zero-order valence-corrected chi connectivity index (χ0v) is 10.2. The Bertz CT molecular complexity index is 425. The second kappa shape index (κ2) is 5.48. The van der Waals surface area contributed by atoms with Crippen molar-refractivity contribution in [2.75, 3.05) is 20.2 Å². The predicted molar refractivity (Wildman–Crippen MR) is 65.1 cm³/mol. The quantitative estimate of drug-likeness (QED) is 0.741. The van der Waals surface area contributed by atoms with Crippen LogP contribution in [0.4, 0.5) is 0 Å². The van der Waals surface area contributed by atoms with Crippen LogP contribution in [0.2, 0.25) is 0 Å². The summed E-state index contributed by atoms with van der Waals surface area (Å²) in [5, 5.41) is 18.9. The van der Waals surface area contributed by atoms with Crippen LogP contribution < -0.4 is 0 Å². The molecule has 1 aromatic carbocycles. The van der Waals surface area contributed by atoms with Gasteiger partial charge in [0.2, 0.25) is 0 Å². The maximum absolute atomic E-state index is 11.4. The number of hydrogen-bond acceptors (Lipinski definition) is 5. The molecule has 5 nitrogen and oxygen atoms in total. The molecule has 2 rings (SSSR count). The topological polar surface area (TPSA) is 70.0 Å². The van der Waals surface area contributed by atoms with Crippen molar-refractivity contribution >= 4 is 5.97 Å². The molecule has 1 saturated heterocycles. The SMILES string of the molecule is COC(=O)c1cccc(CN2CC(O)C(O)C2)c1. The Kier molecular flexibility index (Phi) is 3.96. The zero-order valence-electron chi connectivity index (χ0n) is 10.2. The number of ether oxygens (including phenoxy) is 1. The summed E-state index contributed by atoms with van der Waals surface area (Å²) < 4.78 is 4.66. The Labute approximate surface area is 106 Å². The van der Waals surface area contributed by atoms with E-state index in [4.69, 9.17) is 0 Å². The minimum absolute atomic E-state index is 0.363. The fourth-order valence-electron chi connectivity index (χ4n) is 2.15. The van der Waals surface area contributed by atoms with Gasteiger partial charge in [-0.2, -0.15) is 0 Å². The Morgan fingerprint density at radius 3 is 2.67 bits per heavy atom. The number of aliphatic hydroxyl groups excluding tert-OH is 2. The number of carbonyl (C=O) groups is 1. The summed E-state index contributed by atoms with van der Waals surface area (Å²) in [6, 6.07) is 7.17. The van der Waals surface area contributed by atoms with Gasteiger partial charge < -0.3 is 14.9 Å². The van der Waals surface area contributed by atoms with Crippen LogP contribution in [0.5, 0.6) is 0 Å². The van der Waals surface area contributed by atoms with Crippen LogP contribution in [-0.4, -0.2) is 53.5 Å². The molecule has 0 aliphatic carbocycles. The highest BCUT2D eigenvalue weighted by Crippen LogP contribution is 2.15. The fourth-order valence-corrected chi connectivity index (χ4v) is 2.15. The van der Waals surface area contributed by atoms with E-state index < -0.39 is 12.2 Å². The monoisotopic (exact) mass is 251 g/mol. The van der Waals surface area contributed by atoms with Gasteiger partial charge in [-0.25, -0.2) is 4.79 Å². The molecule has 1 aromatic rings. The third kappa shape index (κ3) is 2.87. The van der Waals surface area contributed by atoms with Crippen molar-refractivity contribution in [3.8, 4) is 0 Å². The van der Waals surface area contributed by atoms with Crippen molar-refractivity contribution in [2.24, 2.45) is 0 Å². The molecule has 0 saturated carbocycles. The van der Waals surface area contributed by atoms with E-state index in [-0.39, 0.29) is 5.97 Å². The summed E-state index contributed by atoms with van der Waals surface area (Å²) in [7, 11) is 1.35. The number of benzene rings is 1. The molecule has 0 bridgehead atoms. The average Bonchev–Trinajstić information content (AvgIpc) is 2.67. The molecular formula is C13H17NO4. The van der Waals surface area contributed by atoms with Crippen LogP contribution in [-0.2, 0) is 11.3 Å². The van der Waals surface area contributed by atoms with E-state index in [1.54, 1.807) is 18.2 Å². The molecule has 0 radical (unpaired) electrons. The number of aliphatic hydroxyl groups is 2. The lowest BCUT2D eigenvalue weighted by molar-refractivity contribution is 0.0572. The van der Waals surface area contributed by atoms with Crippen molar-refractivity contribution in [3.05, 3.63) is 35.4 Å². The number of hydrogen-bond donors (Lipinski definition) is 2. The van der Waals surface area contributed by atoms with Gasteiger partial charge in [-0.05, 0) is 17.7 Å². The highest BCUT2D eigenvalue weighted by molar-refractivity contribution is 5.89. The minimum atomic E-state index is -0.686. The third-order valence-electron chi connectivity index (χ3n) is 3.09. The Hall–Kier alpha value is -1.43. The van der Waals surface area contributed by atoms with Gasteiger partial charge in [-0.15, -0.1) is 0 Å². The van der Waals surface area contributed by atoms with Crippen LogP contribution >= 0.6 is 0 Å². The molecule has 1 aliphatic heterocycles. The van der Waals surface area contributed by atoms with Gasteiger partial charge in [-0.1, -0.05) is 12.1 Å². The number of β-amino-alcohol motifs (C(OH)–C–C–N with tert-alkyl or cyclic N) is 2. The molecule has 2 unspecified atom stereocenters. The van der Waals surface area contributed by atoms with Gasteiger partial charge in [0.1, 0.15) is 0 Å². The second-order valence-electron chi connectivity index (χ2n) is 4.52. The fraction of sp³-hybridized carbons (Fsp3) is 0.462. The lowest BCUT2D eigenvalue weighted by atomic mass is 10.1. The molecule has 1 heterocycles. The van der Waals surface area contributed by atoms with Crippen LogP contribution in [0, 0.1) is 0 Å². The zero-order chi connectivity index (χ0) is 13.1. The Morgan fingerprint density at radius 1 is 1.39 bits per heavy atom. The molecule has 2 N–H and O–H groups in total. The molecule has 1 fully saturated rings. The van der Waals surface area contributed by atoms with Gasteiger partial charge in [0, 0.05) is 19.6 Å². The molecular weight excluding hydrogens is 234 g/mol. The van der Waals surface area contributed by atoms with E-state index in [0.717, 1.165) is 5.56 Å². The van der Waals surface area contributed by atoms with Gasteiger partial charge in [0.05, 0.1) is 24.9 Å². The number of likely N-dealkylation sites (tertiary alicyclic amines) is 1. The maximum atomic E-state index is 11.4. The van der Waals surface area contributed by atoms with E-state index >= 15 is 0 Å². The van der Waals surface area contributed by atoms with Crippen molar-refractivity contribution in [1.29, 1.82) is 0 Å². The average molecular weight is 251 g/mol. The lowest BCUT2D eigenvalue weighted by Crippen LogP contribution is -2.22. The number of carbonyl (C=O) groups excluding carboxylic acids is 1. The van der Waals surface area contributed by atoms with Crippen LogP contribution in [0.1, 0.15) is 15.9 Å². The third-order valence-corrected chi connectivity index (χ3v) is 3.09. The number of methoxy groups -OCH3 is 1. The number of esters is 1. The van der Waals surface area contributed by atoms with Crippen LogP contribution in [0.3, 0.4) is 0 Å². The first-order chi connectivity index (χ1) is 8.60. The first-order valence-corrected chi connectivity index (χ1v) is 5.86. The second-order valence-corrected chi connectivity index (χ2v) is 4.52. The van der Waals surface area contributed by atoms with E-state index in [9.17, 15) is 15.0 Å². The van der Waals surface area contributed by atoms with Gasteiger partial charge in [0.25, 0.3) is 0 Å². The van der Waals surface area contributed by atoms with E-state index in [2.05, 4.69) is 4.74 Å². The summed E-state index contributed by atoms with van der Waals surface area (Å²) in [6.45, 7) is 1.49. The smallest absolute Gasteiger partial charge is 0.337 e. The van der Waals surface area contributed by atoms with Gasteiger partial charge in [-0.3, -0.25) is 4.90 Å². The van der Waals surface area contributed by atoms with E-state index in [1.165, 1.54) is 7.11 Å². The summed E-state index contributed by atoms with van der Waals surface area (Å²) >= 11 is 0. The predicted octanol–water partition coefficient (Wildman–Crippen LogP) is 0.0106. The summed E-state index contributed by atoms with van der Waals surface area (Å²) in [4.78, 5) is 13.3. The largest absolute Gasteiger partial charge is 0.465 e. The molecule has 2 atom stereocenters. The Morgan fingerprint density at radius 2 is 2.06 bits per heavy atom. The summed E-state index contributed by atoms with van der Waals surface area (Å²) in [6.07, 6.45) is -1.37. The highest BCUT2D eigenvalue weighted by atomic mass is 16.5. The highest BCUT2D eigenvalue weighted by Gasteiger charge is 2.29. The van der Waals surface area contributed by atoms with Crippen molar-refractivity contribution < 1.29 is 19.7 Å². The van der Waals surface area contributed by atoms with Crippen LogP contribution in [0.25, 0.3) is 0 Å². The molecule has 98 valence electrons. The lowest BCUT2D eigenvalue weighted by Gasteiger charge is -2.15. The van der Waals surface area contributed by atoms with E-state index in [0.29, 0.717) is 25.2 Å². The van der Waals surface area contributed by atoms with Gasteiger partial charge >= 0.3 is 5.97 Å². The minimum Gasteiger partial charge on any atom is -0.465 e.